The van der Waals surface area contributed by atoms with E-state index in [1.165, 1.54) is 52.9 Å². The Morgan fingerprint density at radius 2 is 1.00 bits per heavy atom. The predicted molar refractivity (Wildman–Crippen MR) is 284 cm³/mol. The normalized spacial score (nSPS) is 28.0. The largest absolute Gasteiger partial charge is 1.00 e. The standard InChI is InChI=1S/C7H16ClNO2S.C7H15NO2S.C4H11N.2C4H8O.C4H9.C3H6Cl2O2S.C3H7Cl.C3H7NO2S.Cl2O2S.Li/c1-7(2,3)9-12(10,11)6-4-5-8;1-7(2,3)8-11(9,10)6-4-5-6;1-4(2,3)5;2*1-2-4-5-3-1;1-3-4-2;4-2-1-3-8(5,6)7;1-2-3-4;4-7(5,6)3-1-2-3;1-5(2,3)4;/h9H,4-6H2,1-3H3;6,8H,4-5H2,1-3H3;5H2,1-3H3;2*1-4H2;1,3-4H2,2H3;1-3H2;2-3H2,1H3;3H,1-2H2,(H2,4,5,6);;/q;;;;;-1;;;;;+1/i4D2,5D2,6D2;4D2,5D2,6D;;;;;1D2,2D2,3D2;1D3,2D2,3D2;1D2,2D2,3D;;. The SMILES string of the molecule is C1CCOC1.C1CCOC1.CC(C)(C)N.O=S(=O)(Cl)Cl.[2H]C([2H])(Cl)C([2H])([2H])C([2H])([2H])S(=O)(=O)Cl.[2H]C([2H])(Cl)C([2H])([2H])C([2H])([2H])S(=O)(=O)NC(C)(C)C.[2H]C([2H])([2H])C([2H])([2H])C([2H])([2H])Cl.[2H]C1([2H])C([2H])([2H])C1([2H])S(=O)(=O)NC(C)(C)C.[2H]C1([2H])C([2H])([2H])C1([2H])S(N)(=O)=O.[CH2-]CCC.[Li+]. The van der Waals surface area contributed by atoms with Crippen LogP contribution in [0.25, 0.3) is 0 Å². The molecule has 2 aliphatic carbocycles. The van der Waals surface area contributed by atoms with E-state index >= 15 is 0 Å². The molecule has 6 N–H and O–H groups in total. The Morgan fingerprint density at radius 1 is 0.687 bits per heavy atom. The third-order valence-electron chi connectivity index (χ3n) is 4.40. The van der Waals surface area contributed by atoms with Gasteiger partial charge in [0.25, 0.3) is 0 Å². The fourth-order valence-corrected chi connectivity index (χ4v) is 5.50. The van der Waals surface area contributed by atoms with E-state index in [0.29, 0.717) is 0 Å². The molecule has 0 spiro atoms. The van der Waals surface area contributed by atoms with E-state index in [0.717, 1.165) is 32.8 Å². The summed E-state index contributed by atoms with van der Waals surface area (Å²) in [5.41, 5.74) is -3.69. The van der Waals surface area contributed by atoms with Gasteiger partial charge >= 0.3 is 27.1 Å². The summed E-state index contributed by atoms with van der Waals surface area (Å²) in [6, 6.07) is 0. The van der Waals surface area contributed by atoms with Crippen LogP contribution in [0.15, 0.2) is 0 Å². The van der Waals surface area contributed by atoms with Crippen molar-refractivity contribution < 1.29 is 110 Å². The van der Waals surface area contributed by atoms with Gasteiger partial charge in [-0.1, -0.05) is 20.2 Å². The molecule has 0 bridgehead atoms. The number of unbranched alkanes of at least 4 members (excludes halogenated alkanes) is 1. The molecular formula is C39H87Cl6LiN4O12S5. The molecule has 4 aliphatic rings. The number of hydrogen-bond donors (Lipinski definition) is 4. The smallest absolute Gasteiger partial charge is 0.381 e. The summed E-state index contributed by atoms with van der Waals surface area (Å²) in [5.74, 6) is -9.25. The molecule has 0 atom stereocenters. The van der Waals surface area contributed by atoms with Gasteiger partial charge in [-0.15, -0.1) is 34.8 Å². The van der Waals surface area contributed by atoms with Gasteiger partial charge in [0.05, 0.1) is 21.9 Å². The van der Waals surface area contributed by atoms with Crippen LogP contribution in [0.5, 0.6) is 0 Å². The number of nitrogens with one attached hydrogen (secondary N) is 2. The van der Waals surface area contributed by atoms with Gasteiger partial charge in [0.2, 0.25) is 39.1 Å². The molecule has 0 amide bonds. The number of rotatable bonds is 12. The molecule has 16 nitrogen and oxygen atoms in total. The average Bonchev–Trinajstić information content (AvgIpc) is 1.49. The number of hydrogen-bond acceptors (Lipinski definition) is 13. The Hall–Kier alpha value is 1.85. The molecule has 0 aromatic carbocycles. The molecule has 0 radical (unpaired) electrons. The average molecular weight is 1210 g/mol. The van der Waals surface area contributed by atoms with E-state index in [-0.39, 0.29) is 24.4 Å². The number of ether oxygens (including phenoxy) is 2. The van der Waals surface area contributed by atoms with Crippen LogP contribution in [0.4, 0.5) is 0 Å². The van der Waals surface area contributed by atoms with Crippen molar-refractivity contribution in [1.82, 2.24) is 9.44 Å². The Morgan fingerprint density at radius 3 is 1.13 bits per heavy atom. The molecule has 2 aliphatic heterocycles. The second-order valence-electron chi connectivity index (χ2n) is 15.0. The molecule has 0 aromatic rings. The second-order valence-corrected chi connectivity index (χ2v) is 26.0. The first-order valence-corrected chi connectivity index (χ1v) is 29.4. The van der Waals surface area contributed by atoms with Gasteiger partial charge in [0.1, 0.15) is 0 Å². The minimum Gasteiger partial charge on any atom is -0.381 e. The zero-order valence-corrected chi connectivity index (χ0v) is 47.8. The molecule has 4 rings (SSSR count). The number of sulfonamides is 3. The summed E-state index contributed by atoms with van der Waals surface area (Å²) in [6.07, 6.45) is -13.4. The number of halogens is 6. The van der Waals surface area contributed by atoms with Crippen LogP contribution in [0.1, 0.15) is 199 Å². The monoisotopic (exact) mass is 1210 g/mol. The van der Waals surface area contributed by atoms with Crippen LogP contribution in [0, 0.1) is 6.92 Å². The van der Waals surface area contributed by atoms with Crippen LogP contribution in [0.2, 0.25) is 0 Å². The van der Waals surface area contributed by atoms with Crippen molar-refractivity contribution in [3.8, 4) is 0 Å². The van der Waals surface area contributed by atoms with Crippen LogP contribution >= 0.6 is 66.8 Å². The van der Waals surface area contributed by atoms with E-state index in [4.69, 9.17) is 98.2 Å². The summed E-state index contributed by atoms with van der Waals surface area (Å²) in [7, 11) is -9.17. The van der Waals surface area contributed by atoms with E-state index in [1.54, 1.807) is 20.8 Å². The van der Waals surface area contributed by atoms with Crippen LogP contribution in [-0.4, -0.2) is 124 Å². The number of nitrogens with two attached hydrogens (primary N) is 2. The molecule has 4 fully saturated rings. The maximum atomic E-state index is 11.8. The Bertz CT molecular complexity index is 2880. The van der Waals surface area contributed by atoms with Crippen molar-refractivity contribution in [3.05, 3.63) is 6.92 Å². The zero-order valence-electron chi connectivity index (χ0n) is 68.1. The van der Waals surface area contributed by atoms with Crippen molar-refractivity contribution in [3.63, 3.8) is 0 Å². The molecule has 408 valence electrons. The third-order valence-corrected chi connectivity index (χ3v) is 8.91. The molecule has 2 saturated carbocycles. The van der Waals surface area contributed by atoms with Gasteiger partial charge in [-0.05, 0) is 133 Å². The summed E-state index contributed by atoms with van der Waals surface area (Å²) < 4.78 is 325. The van der Waals surface area contributed by atoms with Gasteiger partial charge in [-0.3, -0.25) is 0 Å². The van der Waals surface area contributed by atoms with Gasteiger partial charge in [-0.25, -0.2) is 48.3 Å². The van der Waals surface area contributed by atoms with Gasteiger partial charge < -0.3 is 22.1 Å². The first-order valence-electron chi connectivity index (χ1n) is 32.8. The second kappa shape index (κ2) is 45.3. The first-order chi connectivity index (χ1) is 40.3. The van der Waals surface area contributed by atoms with E-state index < -0.39 is 149 Å². The van der Waals surface area contributed by atoms with Crippen molar-refractivity contribution in [1.29, 1.82) is 0 Å². The van der Waals surface area contributed by atoms with Gasteiger partial charge in [0, 0.05) is 132 Å². The van der Waals surface area contributed by atoms with E-state index in [1.807, 2.05) is 25.5 Å². The first kappa shape index (κ1) is 38.4. The molecule has 0 aromatic heterocycles. The molecule has 2 heterocycles. The van der Waals surface area contributed by atoms with E-state index in [2.05, 4.69) is 55.8 Å². The third kappa shape index (κ3) is 101. The summed E-state index contributed by atoms with van der Waals surface area (Å²) in [4.78, 5) is 0. The van der Waals surface area contributed by atoms with E-state index in [9.17, 15) is 33.7 Å². The summed E-state index contributed by atoms with van der Waals surface area (Å²) in [5, 5.41) is -1.10. The molecular weight excluding hydrogens is 1100 g/mol. The van der Waals surface area contributed by atoms with Crippen LogP contribution in [0.3, 0.4) is 0 Å². The Labute approximate surface area is 491 Å². The molecule has 28 heteroatoms. The number of alkyl halides is 3. The van der Waals surface area contributed by atoms with Crippen LogP contribution in [-0.2, 0) is 56.9 Å². The Kier molecular flexibility index (Phi) is 25.9. The minimum atomic E-state index is -4.94. The summed E-state index contributed by atoms with van der Waals surface area (Å²) >= 11 is 14.9. The van der Waals surface area contributed by atoms with Gasteiger partial charge in [0.15, 0.2) is 0 Å². The van der Waals surface area contributed by atoms with Crippen molar-refractivity contribution in [2.75, 3.05) is 55.3 Å². The quantitative estimate of drug-likeness (QED) is 0.0743. The molecule has 67 heavy (non-hydrogen) atoms. The molecule has 2 saturated heterocycles. The zero-order chi connectivity index (χ0) is 79.4. The predicted octanol–water partition coefficient (Wildman–Crippen LogP) is 6.13. The molecule has 0 unspecified atom stereocenters. The van der Waals surface area contributed by atoms with Crippen LogP contribution < -0.4 is 39.2 Å². The summed E-state index contributed by atoms with van der Waals surface area (Å²) in [6.45, 7) is 21.6. The maximum absolute atomic E-state index is 11.8. The van der Waals surface area contributed by atoms with Crippen molar-refractivity contribution in [2.45, 2.75) is 186 Å². The fourth-order valence-electron chi connectivity index (χ4n) is 2.40. The Balaban J connectivity index is -0.000000190. The van der Waals surface area contributed by atoms with Gasteiger partial charge in [-0.2, -0.15) is 14.8 Å². The van der Waals surface area contributed by atoms with Crippen molar-refractivity contribution in [2.24, 2.45) is 10.9 Å². The van der Waals surface area contributed by atoms with Crippen molar-refractivity contribution >= 4 is 114 Å². The topological polar surface area (TPSA) is 265 Å². The maximum Gasteiger partial charge on any atom is 1.00 e. The minimum absolute atomic E-state index is 0. The number of primary sulfonamides is 1. The fraction of sp³-hybridized carbons (Fsp3) is 0.974.